The van der Waals surface area contributed by atoms with Gasteiger partial charge in [-0.05, 0) is 23.6 Å². The average Bonchev–Trinajstić information content (AvgIpc) is 2.46. The zero-order valence-corrected chi connectivity index (χ0v) is 10.8. The van der Waals surface area contributed by atoms with E-state index in [4.69, 9.17) is 11.6 Å². The molecule has 0 bridgehead atoms. The Bertz CT molecular complexity index is 762. The minimum absolute atomic E-state index is 0.0284. The van der Waals surface area contributed by atoms with Crippen LogP contribution in [-0.2, 0) is 0 Å². The summed E-state index contributed by atoms with van der Waals surface area (Å²) in [7, 11) is 0. The van der Waals surface area contributed by atoms with Gasteiger partial charge in [0.15, 0.2) is 5.78 Å². The van der Waals surface area contributed by atoms with Crippen LogP contribution in [0.5, 0.6) is 0 Å². The Hall–Kier alpha value is -2.19. The fourth-order valence-corrected chi connectivity index (χ4v) is 2.30. The van der Waals surface area contributed by atoms with E-state index >= 15 is 0 Å². The summed E-state index contributed by atoms with van der Waals surface area (Å²) < 4.78 is 0. The van der Waals surface area contributed by atoms with Gasteiger partial charge in [-0.2, -0.15) is 0 Å². The molecule has 0 unspecified atom stereocenters. The lowest BCUT2D eigenvalue weighted by atomic mass is 9.98. The Kier molecular flexibility index (Phi) is 3.02. The normalized spacial score (nSPS) is 10.6. The van der Waals surface area contributed by atoms with Crippen LogP contribution in [0, 0.1) is 0 Å². The molecule has 92 valence electrons. The third kappa shape index (κ3) is 2.23. The molecule has 1 aromatic heterocycles. The van der Waals surface area contributed by atoms with Gasteiger partial charge in [0.1, 0.15) is 0 Å². The molecule has 3 heteroatoms. The lowest BCUT2D eigenvalue weighted by Gasteiger charge is -2.05. The lowest BCUT2D eigenvalue weighted by Crippen LogP contribution is -2.02. The Labute approximate surface area is 115 Å². The summed E-state index contributed by atoms with van der Waals surface area (Å²) in [4.78, 5) is 16.6. The van der Waals surface area contributed by atoms with E-state index in [1.807, 2.05) is 24.3 Å². The number of hydrogen-bond acceptors (Lipinski definition) is 2. The Balaban J connectivity index is 2.17. The first-order valence-electron chi connectivity index (χ1n) is 5.89. The molecule has 0 saturated carbocycles. The Morgan fingerprint density at radius 2 is 1.89 bits per heavy atom. The van der Waals surface area contributed by atoms with Crippen molar-refractivity contribution in [3.8, 4) is 0 Å². The van der Waals surface area contributed by atoms with E-state index < -0.39 is 0 Å². The van der Waals surface area contributed by atoms with E-state index in [1.54, 1.807) is 36.7 Å². The molecule has 0 radical (unpaired) electrons. The number of benzene rings is 2. The number of ketones is 1. The number of aromatic nitrogens is 1. The molecule has 0 N–H and O–H groups in total. The van der Waals surface area contributed by atoms with Crippen molar-refractivity contribution in [1.29, 1.82) is 0 Å². The number of carbonyl (C=O) groups is 1. The lowest BCUT2D eigenvalue weighted by molar-refractivity contribution is 0.104. The van der Waals surface area contributed by atoms with Crippen LogP contribution in [0.25, 0.3) is 10.8 Å². The van der Waals surface area contributed by atoms with Gasteiger partial charge in [0.05, 0.1) is 0 Å². The fourth-order valence-electron chi connectivity index (χ4n) is 2.11. The molecule has 3 aromatic rings. The minimum Gasteiger partial charge on any atom is -0.289 e. The van der Waals surface area contributed by atoms with Crippen LogP contribution in [-0.4, -0.2) is 10.8 Å². The van der Waals surface area contributed by atoms with Gasteiger partial charge in [-0.3, -0.25) is 9.78 Å². The second-order valence-electron chi connectivity index (χ2n) is 4.24. The van der Waals surface area contributed by atoms with Gasteiger partial charge in [-0.15, -0.1) is 0 Å². The number of pyridine rings is 1. The van der Waals surface area contributed by atoms with E-state index in [1.165, 1.54) is 0 Å². The molecule has 0 fully saturated rings. The molecular formula is C16H10ClNO. The van der Waals surface area contributed by atoms with Crippen LogP contribution in [0.1, 0.15) is 15.9 Å². The monoisotopic (exact) mass is 267 g/mol. The van der Waals surface area contributed by atoms with Crippen molar-refractivity contribution < 1.29 is 4.79 Å². The molecule has 19 heavy (non-hydrogen) atoms. The summed E-state index contributed by atoms with van der Waals surface area (Å²) in [5.74, 6) is -0.0284. The largest absolute Gasteiger partial charge is 0.289 e. The molecular weight excluding hydrogens is 258 g/mol. The quantitative estimate of drug-likeness (QED) is 0.654. The van der Waals surface area contributed by atoms with Gasteiger partial charge < -0.3 is 0 Å². The van der Waals surface area contributed by atoms with Crippen LogP contribution in [0.2, 0.25) is 5.02 Å². The van der Waals surface area contributed by atoms with Crippen molar-refractivity contribution in [1.82, 2.24) is 4.98 Å². The first-order valence-corrected chi connectivity index (χ1v) is 6.26. The summed E-state index contributed by atoms with van der Waals surface area (Å²) in [6, 6.07) is 14.5. The third-order valence-electron chi connectivity index (χ3n) is 3.01. The highest BCUT2D eigenvalue weighted by Gasteiger charge is 2.12. The highest BCUT2D eigenvalue weighted by atomic mass is 35.5. The molecule has 0 amide bonds. The number of fused-ring (bicyclic) bond motifs is 1. The second-order valence-corrected chi connectivity index (χ2v) is 4.68. The molecule has 3 rings (SSSR count). The molecule has 1 heterocycles. The van der Waals surface area contributed by atoms with Gasteiger partial charge in [-0.25, -0.2) is 0 Å². The van der Waals surface area contributed by atoms with Gasteiger partial charge in [0.25, 0.3) is 0 Å². The van der Waals surface area contributed by atoms with E-state index in [9.17, 15) is 4.79 Å². The summed E-state index contributed by atoms with van der Waals surface area (Å²) in [5.41, 5.74) is 1.26. The SMILES string of the molecule is O=C(c1cccc(Cl)c1)c1cccc2cnccc12. The summed E-state index contributed by atoms with van der Waals surface area (Å²) in [5, 5.41) is 2.42. The number of carbonyl (C=O) groups excluding carboxylic acids is 1. The summed E-state index contributed by atoms with van der Waals surface area (Å²) in [6.07, 6.45) is 3.45. The Morgan fingerprint density at radius 3 is 2.74 bits per heavy atom. The predicted octanol–water partition coefficient (Wildman–Crippen LogP) is 4.12. The van der Waals surface area contributed by atoms with Crippen molar-refractivity contribution in [3.63, 3.8) is 0 Å². The highest BCUT2D eigenvalue weighted by molar-refractivity contribution is 6.31. The second kappa shape index (κ2) is 4.82. The van der Waals surface area contributed by atoms with E-state index in [2.05, 4.69) is 4.98 Å². The fraction of sp³-hybridized carbons (Fsp3) is 0. The van der Waals surface area contributed by atoms with Crippen LogP contribution < -0.4 is 0 Å². The molecule has 0 aliphatic heterocycles. The van der Waals surface area contributed by atoms with Crippen LogP contribution >= 0.6 is 11.6 Å². The van der Waals surface area contributed by atoms with E-state index in [0.29, 0.717) is 16.1 Å². The van der Waals surface area contributed by atoms with Crippen molar-refractivity contribution in [2.45, 2.75) is 0 Å². The zero-order chi connectivity index (χ0) is 13.2. The number of halogens is 1. The highest BCUT2D eigenvalue weighted by Crippen LogP contribution is 2.21. The van der Waals surface area contributed by atoms with Crippen LogP contribution in [0.4, 0.5) is 0 Å². The molecule has 0 aliphatic rings. The van der Waals surface area contributed by atoms with E-state index in [0.717, 1.165) is 10.8 Å². The number of rotatable bonds is 2. The Morgan fingerprint density at radius 1 is 1.05 bits per heavy atom. The topological polar surface area (TPSA) is 30.0 Å². The van der Waals surface area contributed by atoms with Crippen molar-refractivity contribution in [2.24, 2.45) is 0 Å². The van der Waals surface area contributed by atoms with Crippen molar-refractivity contribution in [2.75, 3.05) is 0 Å². The maximum Gasteiger partial charge on any atom is 0.193 e. The van der Waals surface area contributed by atoms with Gasteiger partial charge in [0, 0.05) is 33.9 Å². The molecule has 2 aromatic carbocycles. The minimum atomic E-state index is -0.0284. The first kappa shape index (κ1) is 11.9. The summed E-state index contributed by atoms with van der Waals surface area (Å²) in [6.45, 7) is 0. The first-order chi connectivity index (χ1) is 9.25. The van der Waals surface area contributed by atoms with Crippen molar-refractivity contribution in [3.05, 3.63) is 77.1 Å². The predicted molar refractivity (Wildman–Crippen MR) is 76.6 cm³/mol. The van der Waals surface area contributed by atoms with Gasteiger partial charge in [-0.1, -0.05) is 41.9 Å². The maximum absolute atomic E-state index is 12.5. The maximum atomic E-state index is 12.5. The molecule has 0 spiro atoms. The number of hydrogen-bond donors (Lipinski definition) is 0. The van der Waals surface area contributed by atoms with Crippen LogP contribution in [0.15, 0.2) is 60.9 Å². The molecule has 0 aliphatic carbocycles. The van der Waals surface area contributed by atoms with Gasteiger partial charge >= 0.3 is 0 Å². The zero-order valence-electron chi connectivity index (χ0n) is 10.0. The number of nitrogens with zero attached hydrogens (tertiary/aromatic N) is 1. The average molecular weight is 268 g/mol. The van der Waals surface area contributed by atoms with Crippen LogP contribution in [0.3, 0.4) is 0 Å². The third-order valence-corrected chi connectivity index (χ3v) is 3.25. The molecule has 2 nitrogen and oxygen atoms in total. The van der Waals surface area contributed by atoms with Crippen molar-refractivity contribution >= 4 is 28.2 Å². The standard InChI is InChI=1S/C16H10ClNO/c17-13-5-1-3-11(9-13)16(19)15-6-2-4-12-10-18-8-7-14(12)15/h1-10H. The van der Waals surface area contributed by atoms with Gasteiger partial charge in [0.2, 0.25) is 0 Å². The summed E-state index contributed by atoms with van der Waals surface area (Å²) >= 11 is 5.93. The molecule has 0 saturated heterocycles. The van der Waals surface area contributed by atoms with E-state index in [-0.39, 0.29) is 5.78 Å². The molecule has 0 atom stereocenters. The smallest absolute Gasteiger partial charge is 0.193 e.